The molecule has 0 spiro atoms. The van der Waals surface area contributed by atoms with Crippen LogP contribution >= 0.6 is 0 Å². The van der Waals surface area contributed by atoms with Crippen LogP contribution in [0.25, 0.3) is 0 Å². The molecule has 8 nitrogen and oxygen atoms in total. The maximum Gasteiger partial charge on any atom is 0.236 e. The molecule has 1 aliphatic carbocycles. The number of hydrogen-bond acceptors (Lipinski definition) is 6. The van der Waals surface area contributed by atoms with Crippen molar-refractivity contribution in [3.05, 3.63) is 11.7 Å². The van der Waals surface area contributed by atoms with Gasteiger partial charge in [0.15, 0.2) is 5.82 Å². The van der Waals surface area contributed by atoms with Gasteiger partial charge in [0.1, 0.15) is 0 Å². The van der Waals surface area contributed by atoms with Gasteiger partial charge in [-0.2, -0.15) is 4.98 Å². The van der Waals surface area contributed by atoms with E-state index in [-0.39, 0.29) is 17.9 Å². The van der Waals surface area contributed by atoms with Crippen molar-refractivity contribution in [3.8, 4) is 0 Å². The average Bonchev–Trinajstić information content (AvgIpc) is 3.15. The van der Waals surface area contributed by atoms with E-state index in [1.54, 1.807) is 18.7 Å². The fourth-order valence-corrected chi connectivity index (χ4v) is 3.23. The van der Waals surface area contributed by atoms with Crippen LogP contribution in [0.4, 0.5) is 0 Å². The summed E-state index contributed by atoms with van der Waals surface area (Å²) in [5.74, 6) is 1.17. The molecule has 0 bridgehead atoms. The van der Waals surface area contributed by atoms with Crippen LogP contribution in [0.1, 0.15) is 37.9 Å². The van der Waals surface area contributed by atoms with E-state index in [9.17, 15) is 9.59 Å². The van der Waals surface area contributed by atoms with E-state index < -0.39 is 0 Å². The molecule has 1 saturated heterocycles. The summed E-state index contributed by atoms with van der Waals surface area (Å²) < 4.78 is 4.98. The molecule has 3 rings (SSSR count). The van der Waals surface area contributed by atoms with Crippen LogP contribution in [-0.4, -0.2) is 75.4 Å². The zero-order valence-electron chi connectivity index (χ0n) is 14.6. The molecule has 0 unspecified atom stereocenters. The second-order valence-electron chi connectivity index (χ2n) is 6.79. The van der Waals surface area contributed by atoms with Crippen LogP contribution in [-0.2, 0) is 16.1 Å². The molecule has 0 N–H and O–H groups in total. The van der Waals surface area contributed by atoms with Crippen LogP contribution < -0.4 is 0 Å². The highest BCUT2D eigenvalue weighted by molar-refractivity contribution is 5.78. The Balaban J connectivity index is 1.55. The van der Waals surface area contributed by atoms with Crippen LogP contribution in [0, 0.1) is 6.92 Å². The first-order valence-corrected chi connectivity index (χ1v) is 8.48. The van der Waals surface area contributed by atoms with Gasteiger partial charge in [-0.15, -0.1) is 0 Å². The van der Waals surface area contributed by atoms with Crippen molar-refractivity contribution < 1.29 is 14.1 Å². The molecule has 0 aromatic carbocycles. The number of aryl methyl sites for hydroxylation is 1. The number of amides is 2. The molecule has 2 amide bonds. The quantitative estimate of drug-likeness (QED) is 0.749. The summed E-state index contributed by atoms with van der Waals surface area (Å²) in [5.41, 5.74) is 0. The molecule has 2 fully saturated rings. The summed E-state index contributed by atoms with van der Waals surface area (Å²) in [7, 11) is 1.88. The van der Waals surface area contributed by atoms with Gasteiger partial charge in [0.2, 0.25) is 17.7 Å². The molecule has 2 heterocycles. The van der Waals surface area contributed by atoms with Gasteiger partial charge in [-0.1, -0.05) is 5.16 Å². The summed E-state index contributed by atoms with van der Waals surface area (Å²) in [4.78, 5) is 34.2. The Morgan fingerprint density at radius 3 is 2.62 bits per heavy atom. The van der Waals surface area contributed by atoms with Gasteiger partial charge in [-0.25, -0.2) is 0 Å². The third-order valence-electron chi connectivity index (χ3n) is 4.82. The summed E-state index contributed by atoms with van der Waals surface area (Å²) >= 11 is 0. The maximum absolute atomic E-state index is 12.3. The lowest BCUT2D eigenvalue weighted by Crippen LogP contribution is -2.42. The average molecular weight is 335 g/mol. The van der Waals surface area contributed by atoms with Gasteiger partial charge >= 0.3 is 0 Å². The number of nitrogens with zero attached hydrogens (tertiary/aromatic N) is 5. The van der Waals surface area contributed by atoms with Gasteiger partial charge in [0.05, 0.1) is 13.1 Å². The maximum atomic E-state index is 12.3. The molecule has 2 aliphatic rings. The number of carbonyl (C=O) groups excluding carboxylic acids is 2. The van der Waals surface area contributed by atoms with Crippen molar-refractivity contribution in [2.45, 2.75) is 51.7 Å². The number of hydrogen-bond donors (Lipinski definition) is 0. The van der Waals surface area contributed by atoms with Gasteiger partial charge in [0, 0.05) is 46.1 Å². The third-order valence-corrected chi connectivity index (χ3v) is 4.82. The molecule has 0 radical (unpaired) electrons. The minimum atomic E-state index is -0.00859. The van der Waals surface area contributed by atoms with E-state index in [0.29, 0.717) is 37.4 Å². The Hall–Kier alpha value is -1.96. The van der Waals surface area contributed by atoms with Crippen LogP contribution in [0.2, 0.25) is 0 Å². The van der Waals surface area contributed by atoms with E-state index in [4.69, 9.17) is 4.52 Å². The van der Waals surface area contributed by atoms with Crippen molar-refractivity contribution in [2.24, 2.45) is 0 Å². The van der Waals surface area contributed by atoms with E-state index in [1.165, 1.54) is 0 Å². The second kappa shape index (κ2) is 6.88. The monoisotopic (exact) mass is 335 g/mol. The first kappa shape index (κ1) is 16.9. The fraction of sp³-hybridized carbons (Fsp3) is 0.750. The van der Waals surface area contributed by atoms with Gasteiger partial charge in [-0.05, 0) is 19.3 Å². The molecular weight excluding hydrogens is 310 g/mol. The second-order valence-corrected chi connectivity index (χ2v) is 6.79. The number of rotatable bonds is 6. The highest BCUT2D eigenvalue weighted by atomic mass is 16.5. The number of aromatic nitrogens is 2. The number of carbonyl (C=O) groups is 2. The molecule has 1 aromatic heterocycles. The van der Waals surface area contributed by atoms with Crippen LogP contribution in [0.5, 0.6) is 0 Å². The molecule has 1 aliphatic heterocycles. The largest absolute Gasteiger partial charge is 0.342 e. The topological polar surface area (TPSA) is 82.8 Å². The van der Waals surface area contributed by atoms with Crippen molar-refractivity contribution in [3.63, 3.8) is 0 Å². The normalized spacial score (nSPS) is 21.0. The molecule has 1 atom stereocenters. The number of likely N-dealkylation sites (N-methyl/N-ethyl adjacent to an activating group) is 1. The molecular formula is C16H25N5O3. The van der Waals surface area contributed by atoms with E-state index >= 15 is 0 Å². The summed E-state index contributed by atoms with van der Waals surface area (Å²) in [6.07, 6.45) is 3.09. The zero-order valence-corrected chi connectivity index (χ0v) is 14.6. The Kier molecular flexibility index (Phi) is 4.84. The summed E-state index contributed by atoms with van der Waals surface area (Å²) in [5, 5.41) is 3.87. The highest BCUT2D eigenvalue weighted by Gasteiger charge is 2.34. The Bertz CT molecular complexity index is 613. The van der Waals surface area contributed by atoms with Crippen molar-refractivity contribution in [2.75, 3.05) is 26.7 Å². The van der Waals surface area contributed by atoms with Gasteiger partial charge in [0.25, 0.3) is 0 Å². The summed E-state index contributed by atoms with van der Waals surface area (Å²) in [6.45, 7) is 5.60. The molecule has 8 heteroatoms. The van der Waals surface area contributed by atoms with Crippen LogP contribution in [0.3, 0.4) is 0 Å². The third kappa shape index (κ3) is 3.92. The molecule has 1 saturated carbocycles. The summed E-state index contributed by atoms with van der Waals surface area (Å²) in [6, 6.07) is 0.520. The van der Waals surface area contributed by atoms with Gasteiger partial charge in [-0.3, -0.25) is 14.5 Å². The van der Waals surface area contributed by atoms with E-state index in [0.717, 1.165) is 25.8 Å². The first-order chi connectivity index (χ1) is 11.4. The standard InChI is InChI=1S/C16H25N5O3/c1-11-17-15(18-24-11)9-21(12(2)22)14-6-7-20(8-14)10-16(23)19(3)13-4-5-13/h13-14H,4-10H2,1-3H3/t14-/m1/s1. The highest BCUT2D eigenvalue weighted by Crippen LogP contribution is 2.26. The minimum absolute atomic E-state index is 0.00859. The lowest BCUT2D eigenvalue weighted by Gasteiger charge is -2.27. The zero-order chi connectivity index (χ0) is 17.3. The first-order valence-electron chi connectivity index (χ1n) is 8.48. The Morgan fingerprint density at radius 2 is 2.04 bits per heavy atom. The minimum Gasteiger partial charge on any atom is -0.342 e. The SMILES string of the molecule is CC(=O)N(Cc1noc(C)n1)[C@@H]1CCN(CC(=O)N(C)C2CC2)C1. The Labute approximate surface area is 141 Å². The molecule has 1 aromatic rings. The molecule has 132 valence electrons. The van der Waals surface area contributed by atoms with E-state index in [1.807, 2.05) is 11.9 Å². The predicted molar refractivity (Wildman–Crippen MR) is 85.9 cm³/mol. The van der Waals surface area contributed by atoms with Crippen molar-refractivity contribution >= 4 is 11.8 Å². The molecule has 24 heavy (non-hydrogen) atoms. The lowest BCUT2D eigenvalue weighted by molar-refractivity contribution is -0.131. The van der Waals surface area contributed by atoms with Crippen molar-refractivity contribution in [1.82, 2.24) is 24.8 Å². The predicted octanol–water partition coefficient (Wildman–Crippen LogP) is 0.422. The lowest BCUT2D eigenvalue weighted by atomic mass is 10.2. The smallest absolute Gasteiger partial charge is 0.236 e. The van der Waals surface area contributed by atoms with Gasteiger partial charge < -0.3 is 14.3 Å². The Morgan fingerprint density at radius 1 is 1.29 bits per heavy atom. The number of likely N-dealkylation sites (tertiary alicyclic amines) is 1. The van der Waals surface area contributed by atoms with Crippen LogP contribution in [0.15, 0.2) is 4.52 Å². The van der Waals surface area contributed by atoms with E-state index in [2.05, 4.69) is 15.0 Å². The van der Waals surface area contributed by atoms with Crippen molar-refractivity contribution in [1.29, 1.82) is 0 Å². The fourth-order valence-electron chi connectivity index (χ4n) is 3.23.